The Bertz CT molecular complexity index is 1200. The molecule has 0 radical (unpaired) electrons. The van der Waals surface area contributed by atoms with Gasteiger partial charge in [-0.1, -0.05) is 51.3 Å². The van der Waals surface area contributed by atoms with Gasteiger partial charge in [-0.3, -0.25) is 4.79 Å². The van der Waals surface area contributed by atoms with Crippen molar-refractivity contribution in [3.05, 3.63) is 60.2 Å². The van der Waals surface area contributed by atoms with Crippen LogP contribution < -0.4 is 24.8 Å². The average Bonchev–Trinajstić information content (AvgIpc) is 2.95. The number of amides is 1. The van der Waals surface area contributed by atoms with Crippen molar-refractivity contribution in [3.63, 3.8) is 0 Å². The lowest BCUT2D eigenvalue weighted by molar-refractivity contribution is -0.121. The largest absolute Gasteiger partial charge is 0.486 e. The summed E-state index contributed by atoms with van der Waals surface area (Å²) in [6.45, 7) is 5.11. The quantitative estimate of drug-likeness (QED) is 0.246. The molecule has 202 valence electrons. The van der Waals surface area contributed by atoms with Crippen molar-refractivity contribution in [1.29, 1.82) is 0 Å². The number of ether oxygens (including phenoxy) is 3. The highest BCUT2D eigenvalue weighted by Crippen LogP contribution is 2.41. The number of unbranched alkanes of at least 4 members (excludes halogenated alkanes) is 3. The normalized spacial score (nSPS) is 14.1. The van der Waals surface area contributed by atoms with E-state index in [4.69, 9.17) is 19.2 Å². The topological polar surface area (TPSA) is 81.7 Å². The highest BCUT2D eigenvalue weighted by molar-refractivity contribution is 5.76. The first-order valence-corrected chi connectivity index (χ1v) is 13.7. The lowest BCUT2D eigenvalue weighted by Gasteiger charge is -2.28. The van der Waals surface area contributed by atoms with Crippen LogP contribution in [0.4, 0.5) is 11.4 Å². The molecule has 0 spiro atoms. The highest BCUT2D eigenvalue weighted by atomic mass is 16.6. The number of nitrogens with zero attached hydrogens (tertiary/aromatic N) is 1. The summed E-state index contributed by atoms with van der Waals surface area (Å²) < 4.78 is 17.9. The van der Waals surface area contributed by atoms with Crippen LogP contribution in [-0.2, 0) is 11.2 Å². The summed E-state index contributed by atoms with van der Waals surface area (Å²) in [5.41, 5.74) is 4.62. The molecule has 0 saturated heterocycles. The van der Waals surface area contributed by atoms with Gasteiger partial charge in [-0.25, -0.2) is 4.98 Å². The Morgan fingerprint density at radius 2 is 1.84 bits per heavy atom. The van der Waals surface area contributed by atoms with E-state index < -0.39 is 0 Å². The third-order valence-electron chi connectivity index (χ3n) is 6.60. The number of hydrogen-bond donors (Lipinski definition) is 2. The standard InChI is InChI=1S/C31H39N3O4/c1-4-6-8-13-29(35)32-20-24-21-37-28-12-9-11-25(30(28)38-24)26-18-19-27(31(34-26)36-3)33-23-16-14-22(15-17-23)10-7-5-2/h9,11-12,14-19,24,33H,4-8,10,13,20-21H2,1-3H3,(H,32,35). The number of methoxy groups -OCH3 is 1. The third-order valence-corrected chi connectivity index (χ3v) is 6.60. The first kappa shape index (κ1) is 27.3. The second kappa shape index (κ2) is 13.7. The Kier molecular flexibility index (Phi) is 9.84. The summed E-state index contributed by atoms with van der Waals surface area (Å²) in [5.74, 6) is 1.83. The molecule has 2 aromatic carbocycles. The van der Waals surface area contributed by atoms with E-state index in [-0.39, 0.29) is 12.0 Å². The Hall–Kier alpha value is -3.74. The minimum absolute atomic E-state index is 0.0474. The molecule has 1 unspecified atom stereocenters. The van der Waals surface area contributed by atoms with Gasteiger partial charge in [0.15, 0.2) is 11.5 Å². The maximum absolute atomic E-state index is 12.1. The Labute approximate surface area is 225 Å². The van der Waals surface area contributed by atoms with E-state index in [9.17, 15) is 4.79 Å². The van der Waals surface area contributed by atoms with Crippen molar-refractivity contribution < 1.29 is 19.0 Å². The zero-order chi connectivity index (χ0) is 26.7. The number of nitrogens with one attached hydrogen (secondary N) is 2. The Balaban J connectivity index is 1.46. The van der Waals surface area contributed by atoms with E-state index in [1.54, 1.807) is 7.11 Å². The van der Waals surface area contributed by atoms with Gasteiger partial charge in [0.1, 0.15) is 18.4 Å². The first-order valence-electron chi connectivity index (χ1n) is 13.7. The van der Waals surface area contributed by atoms with Crippen LogP contribution in [-0.4, -0.2) is 37.3 Å². The van der Waals surface area contributed by atoms with Crippen molar-refractivity contribution in [2.24, 2.45) is 0 Å². The van der Waals surface area contributed by atoms with Crippen molar-refractivity contribution in [3.8, 4) is 28.6 Å². The molecular formula is C31H39N3O4. The predicted octanol–water partition coefficient (Wildman–Crippen LogP) is 6.68. The van der Waals surface area contributed by atoms with E-state index in [1.165, 1.54) is 18.4 Å². The number of rotatable bonds is 13. The number of carbonyl (C=O) groups is 1. The summed E-state index contributed by atoms with van der Waals surface area (Å²) in [6, 6.07) is 18.1. The van der Waals surface area contributed by atoms with Gasteiger partial charge in [0.25, 0.3) is 0 Å². The molecule has 3 aromatic rings. The molecule has 4 rings (SSSR count). The van der Waals surface area contributed by atoms with Crippen LogP contribution >= 0.6 is 0 Å². The molecule has 1 amide bonds. The molecule has 0 fully saturated rings. The maximum atomic E-state index is 12.1. The minimum atomic E-state index is -0.276. The van der Waals surface area contributed by atoms with Gasteiger partial charge in [0, 0.05) is 17.7 Å². The van der Waals surface area contributed by atoms with E-state index in [1.807, 2.05) is 30.3 Å². The van der Waals surface area contributed by atoms with Crippen LogP contribution in [0.2, 0.25) is 0 Å². The van der Waals surface area contributed by atoms with E-state index in [0.29, 0.717) is 42.6 Å². The fourth-order valence-electron chi connectivity index (χ4n) is 4.42. The number of fused-ring (bicyclic) bond motifs is 1. The van der Waals surface area contributed by atoms with Crippen LogP contribution in [0.3, 0.4) is 0 Å². The van der Waals surface area contributed by atoms with E-state index >= 15 is 0 Å². The molecule has 7 nitrogen and oxygen atoms in total. The van der Waals surface area contributed by atoms with Crippen LogP contribution in [0, 0.1) is 0 Å². The third kappa shape index (κ3) is 7.18. The summed E-state index contributed by atoms with van der Waals surface area (Å²) in [6.07, 6.45) is 6.79. The van der Waals surface area contributed by atoms with Gasteiger partial charge >= 0.3 is 0 Å². The molecule has 7 heteroatoms. The SMILES string of the molecule is CCCCCC(=O)NCC1COc2cccc(-c3ccc(Nc4ccc(CCCC)cc4)c(OC)n3)c2O1. The molecule has 0 aliphatic carbocycles. The van der Waals surface area contributed by atoms with Gasteiger partial charge < -0.3 is 24.8 Å². The van der Waals surface area contributed by atoms with Gasteiger partial charge in [-0.15, -0.1) is 0 Å². The monoisotopic (exact) mass is 517 g/mol. The molecule has 2 N–H and O–H groups in total. The Morgan fingerprint density at radius 3 is 2.61 bits per heavy atom. The van der Waals surface area contributed by atoms with Crippen molar-refractivity contribution in [1.82, 2.24) is 10.3 Å². The number of aromatic nitrogens is 1. The number of para-hydroxylation sites is 1. The second-order valence-electron chi connectivity index (χ2n) is 9.62. The van der Waals surface area contributed by atoms with Gasteiger partial charge in [-0.2, -0.15) is 0 Å². The second-order valence-corrected chi connectivity index (χ2v) is 9.62. The predicted molar refractivity (Wildman–Crippen MR) is 152 cm³/mol. The van der Waals surface area contributed by atoms with Crippen molar-refractivity contribution >= 4 is 17.3 Å². The number of anilines is 2. The summed E-state index contributed by atoms with van der Waals surface area (Å²) in [5, 5.41) is 6.39. The molecule has 1 aliphatic heterocycles. The molecule has 38 heavy (non-hydrogen) atoms. The lowest BCUT2D eigenvalue weighted by Crippen LogP contribution is -2.40. The van der Waals surface area contributed by atoms with Gasteiger partial charge in [0.05, 0.1) is 19.3 Å². The molecule has 2 heterocycles. The summed E-state index contributed by atoms with van der Waals surface area (Å²) >= 11 is 0. The van der Waals surface area contributed by atoms with Crippen LogP contribution in [0.5, 0.6) is 17.4 Å². The van der Waals surface area contributed by atoms with Crippen LogP contribution in [0.25, 0.3) is 11.3 Å². The van der Waals surface area contributed by atoms with Crippen LogP contribution in [0.1, 0.15) is 57.9 Å². The molecule has 0 bridgehead atoms. The van der Waals surface area contributed by atoms with E-state index in [0.717, 1.165) is 42.6 Å². The first-order chi connectivity index (χ1) is 18.6. The number of benzene rings is 2. The zero-order valence-electron chi connectivity index (χ0n) is 22.7. The van der Waals surface area contributed by atoms with Crippen LogP contribution in [0.15, 0.2) is 54.6 Å². The van der Waals surface area contributed by atoms with Gasteiger partial charge in [-0.05, 0) is 61.2 Å². The fraction of sp³-hybridized carbons (Fsp3) is 0.419. The molecule has 0 saturated carbocycles. The van der Waals surface area contributed by atoms with Gasteiger partial charge in [0.2, 0.25) is 11.8 Å². The number of pyridine rings is 1. The fourth-order valence-corrected chi connectivity index (χ4v) is 4.42. The molecule has 1 atom stereocenters. The summed E-state index contributed by atoms with van der Waals surface area (Å²) in [4.78, 5) is 16.9. The molecule has 1 aliphatic rings. The highest BCUT2D eigenvalue weighted by Gasteiger charge is 2.25. The average molecular weight is 518 g/mol. The van der Waals surface area contributed by atoms with Crippen molar-refractivity contribution in [2.45, 2.75) is 64.9 Å². The van der Waals surface area contributed by atoms with E-state index in [2.05, 4.69) is 48.7 Å². The maximum Gasteiger partial charge on any atom is 0.238 e. The zero-order valence-corrected chi connectivity index (χ0v) is 22.7. The summed E-state index contributed by atoms with van der Waals surface area (Å²) in [7, 11) is 1.62. The Morgan fingerprint density at radius 1 is 1.03 bits per heavy atom. The lowest BCUT2D eigenvalue weighted by atomic mass is 10.1. The number of carbonyl (C=O) groups excluding carboxylic acids is 1. The molecular weight excluding hydrogens is 478 g/mol. The number of aryl methyl sites for hydroxylation is 1. The van der Waals surface area contributed by atoms with Crippen molar-refractivity contribution in [2.75, 3.05) is 25.6 Å². The smallest absolute Gasteiger partial charge is 0.238 e. The number of hydrogen-bond acceptors (Lipinski definition) is 6. The minimum Gasteiger partial charge on any atom is -0.486 e. The molecule has 1 aromatic heterocycles.